The van der Waals surface area contributed by atoms with Crippen LogP contribution in [0.5, 0.6) is 0 Å². The summed E-state index contributed by atoms with van der Waals surface area (Å²) in [6.07, 6.45) is 0. The summed E-state index contributed by atoms with van der Waals surface area (Å²) in [5.41, 5.74) is 1.84. The molecular formula is C26H18ClNO3S. The highest BCUT2D eigenvalue weighted by atomic mass is 35.5. The van der Waals surface area contributed by atoms with Crippen molar-refractivity contribution in [2.75, 3.05) is 4.90 Å². The molecular weight excluding hydrogens is 442 g/mol. The lowest BCUT2D eigenvalue weighted by molar-refractivity contribution is -0.132. The first kappa shape index (κ1) is 20.5. The number of carbonyl (C=O) groups excluding carboxylic acids is 2. The average Bonchev–Trinajstić information content (AvgIpc) is 3.42. The van der Waals surface area contributed by atoms with Crippen LogP contribution in [0.15, 0.2) is 83.7 Å². The van der Waals surface area contributed by atoms with Gasteiger partial charge in [-0.05, 0) is 46.8 Å². The van der Waals surface area contributed by atoms with Crippen molar-refractivity contribution >= 4 is 56.8 Å². The molecule has 6 heteroatoms. The quantitative estimate of drug-likeness (QED) is 0.216. The highest BCUT2D eigenvalue weighted by Gasteiger charge is 2.48. The molecule has 1 aromatic heterocycles. The second-order valence-corrected chi connectivity index (χ2v) is 8.98. The Morgan fingerprint density at radius 3 is 2.50 bits per heavy atom. The van der Waals surface area contributed by atoms with Crippen LogP contribution in [0.3, 0.4) is 0 Å². The zero-order valence-corrected chi connectivity index (χ0v) is 18.7. The van der Waals surface area contributed by atoms with Crippen molar-refractivity contribution in [1.29, 1.82) is 0 Å². The Bertz CT molecular complexity index is 1400. The minimum absolute atomic E-state index is 0.0770. The summed E-state index contributed by atoms with van der Waals surface area (Å²) in [4.78, 5) is 28.8. The van der Waals surface area contributed by atoms with Gasteiger partial charge in [0.05, 0.1) is 5.57 Å². The molecule has 158 valence electrons. The second-order valence-electron chi connectivity index (χ2n) is 7.60. The van der Waals surface area contributed by atoms with E-state index in [0.29, 0.717) is 21.8 Å². The molecule has 0 aliphatic carbocycles. The number of hydrogen-bond donors (Lipinski definition) is 1. The fraction of sp³-hybridized carbons (Fsp3) is 0.0769. The van der Waals surface area contributed by atoms with Crippen molar-refractivity contribution in [1.82, 2.24) is 0 Å². The lowest BCUT2D eigenvalue weighted by atomic mass is 9.96. The maximum Gasteiger partial charge on any atom is 0.300 e. The van der Waals surface area contributed by atoms with Crippen LogP contribution in [0.4, 0.5) is 5.69 Å². The normalized spacial score (nSPS) is 17.9. The number of ketones is 1. The monoisotopic (exact) mass is 459 g/mol. The van der Waals surface area contributed by atoms with Gasteiger partial charge in [-0.3, -0.25) is 14.5 Å². The molecule has 1 N–H and O–H groups in total. The van der Waals surface area contributed by atoms with E-state index in [9.17, 15) is 14.7 Å². The van der Waals surface area contributed by atoms with E-state index in [4.69, 9.17) is 11.6 Å². The summed E-state index contributed by atoms with van der Waals surface area (Å²) in [6.45, 7) is 1.81. The lowest BCUT2D eigenvalue weighted by Gasteiger charge is -2.26. The van der Waals surface area contributed by atoms with Gasteiger partial charge in [-0.1, -0.05) is 66.2 Å². The van der Waals surface area contributed by atoms with Crippen molar-refractivity contribution in [2.24, 2.45) is 0 Å². The summed E-state index contributed by atoms with van der Waals surface area (Å²) in [7, 11) is 0. The van der Waals surface area contributed by atoms with E-state index in [1.807, 2.05) is 60.8 Å². The van der Waals surface area contributed by atoms with Crippen molar-refractivity contribution in [3.63, 3.8) is 0 Å². The number of benzene rings is 3. The molecule has 1 aliphatic rings. The van der Waals surface area contributed by atoms with Gasteiger partial charge in [-0.15, -0.1) is 11.3 Å². The Labute approximate surface area is 194 Å². The number of carbonyl (C=O) groups is 2. The molecule has 1 fully saturated rings. The average molecular weight is 460 g/mol. The van der Waals surface area contributed by atoms with Crippen molar-refractivity contribution in [3.05, 3.63) is 105 Å². The number of halogens is 1. The fourth-order valence-electron chi connectivity index (χ4n) is 4.23. The maximum atomic E-state index is 13.3. The summed E-state index contributed by atoms with van der Waals surface area (Å²) < 4.78 is 0. The second kappa shape index (κ2) is 7.93. The van der Waals surface area contributed by atoms with E-state index in [1.165, 1.54) is 16.2 Å². The van der Waals surface area contributed by atoms with Crippen LogP contribution in [0.25, 0.3) is 16.5 Å². The minimum Gasteiger partial charge on any atom is -0.507 e. The smallest absolute Gasteiger partial charge is 0.300 e. The minimum atomic E-state index is -0.744. The fourth-order valence-corrected chi connectivity index (χ4v) is 5.22. The third kappa shape index (κ3) is 3.13. The number of nitrogens with zero attached hydrogens (tertiary/aromatic N) is 1. The molecule has 4 aromatic rings. The third-order valence-corrected chi connectivity index (χ3v) is 7.13. The first-order valence-corrected chi connectivity index (χ1v) is 11.3. The third-order valence-electron chi connectivity index (χ3n) is 5.80. The number of aliphatic hydroxyl groups excluding tert-OH is 1. The van der Waals surface area contributed by atoms with E-state index < -0.39 is 17.7 Å². The predicted octanol–water partition coefficient (Wildman–Crippen LogP) is 6.49. The molecule has 1 unspecified atom stereocenters. The molecule has 5 rings (SSSR count). The number of rotatable bonds is 3. The van der Waals surface area contributed by atoms with Gasteiger partial charge in [0.1, 0.15) is 11.8 Å². The Hall–Kier alpha value is -3.41. The molecule has 0 bridgehead atoms. The van der Waals surface area contributed by atoms with Crippen molar-refractivity contribution in [2.45, 2.75) is 13.0 Å². The van der Waals surface area contributed by atoms with Crippen LogP contribution in [0, 0.1) is 6.92 Å². The topological polar surface area (TPSA) is 57.6 Å². The number of anilines is 1. The zero-order chi connectivity index (χ0) is 22.4. The standard InChI is InChI=1S/C26H18ClNO3S/c1-15-19(27)11-5-12-20(15)28-23(21-13-6-14-32-21)22(25(30)26(28)31)24(29)18-10-4-8-16-7-2-3-9-17(16)18/h2-14,23,29H,1H3/b24-22-. The van der Waals surface area contributed by atoms with E-state index >= 15 is 0 Å². The Balaban J connectivity index is 1.79. The van der Waals surface area contributed by atoms with E-state index in [-0.39, 0.29) is 11.3 Å². The molecule has 1 saturated heterocycles. The first-order valence-electron chi connectivity index (χ1n) is 10.1. The number of fused-ring (bicyclic) bond motifs is 1. The number of amides is 1. The molecule has 1 aliphatic heterocycles. The molecule has 1 atom stereocenters. The lowest BCUT2D eigenvalue weighted by Crippen LogP contribution is -2.29. The highest BCUT2D eigenvalue weighted by Crippen LogP contribution is 2.45. The van der Waals surface area contributed by atoms with Crippen LogP contribution in [0.2, 0.25) is 5.02 Å². The molecule has 32 heavy (non-hydrogen) atoms. The largest absolute Gasteiger partial charge is 0.507 e. The van der Waals surface area contributed by atoms with E-state index in [2.05, 4.69) is 0 Å². The number of aliphatic hydroxyl groups is 1. The van der Waals surface area contributed by atoms with Gasteiger partial charge in [0.2, 0.25) is 0 Å². The molecule has 1 amide bonds. The Morgan fingerprint density at radius 1 is 0.969 bits per heavy atom. The Morgan fingerprint density at radius 2 is 1.72 bits per heavy atom. The Kier molecular flexibility index (Phi) is 5.08. The number of hydrogen-bond acceptors (Lipinski definition) is 4. The van der Waals surface area contributed by atoms with Gasteiger partial charge in [-0.25, -0.2) is 0 Å². The first-order chi connectivity index (χ1) is 15.5. The van der Waals surface area contributed by atoms with Gasteiger partial charge in [0.25, 0.3) is 11.7 Å². The molecule has 3 aromatic carbocycles. The predicted molar refractivity (Wildman–Crippen MR) is 129 cm³/mol. The van der Waals surface area contributed by atoms with Crippen molar-refractivity contribution < 1.29 is 14.7 Å². The molecule has 2 heterocycles. The van der Waals surface area contributed by atoms with Gasteiger partial charge < -0.3 is 5.11 Å². The van der Waals surface area contributed by atoms with Crippen molar-refractivity contribution in [3.8, 4) is 0 Å². The van der Waals surface area contributed by atoms with Crippen LogP contribution >= 0.6 is 22.9 Å². The molecule has 4 nitrogen and oxygen atoms in total. The van der Waals surface area contributed by atoms with Crippen LogP contribution < -0.4 is 4.90 Å². The van der Waals surface area contributed by atoms with Gasteiger partial charge in [0, 0.05) is 21.2 Å². The summed E-state index contributed by atoms with van der Waals surface area (Å²) in [5, 5.41) is 15.6. The summed E-state index contributed by atoms with van der Waals surface area (Å²) >= 11 is 7.76. The van der Waals surface area contributed by atoms with Crippen LogP contribution in [-0.4, -0.2) is 16.8 Å². The van der Waals surface area contributed by atoms with E-state index in [1.54, 1.807) is 24.3 Å². The maximum absolute atomic E-state index is 13.3. The SMILES string of the molecule is Cc1c(Cl)cccc1N1C(=O)C(=O)/C(=C(\O)c2cccc3ccccc23)C1c1cccs1. The molecule has 0 saturated carbocycles. The summed E-state index contributed by atoms with van der Waals surface area (Å²) in [5.74, 6) is -1.58. The number of Topliss-reactive ketones (excluding diaryl/α,β-unsaturated/α-hetero) is 1. The van der Waals surface area contributed by atoms with Crippen LogP contribution in [0.1, 0.15) is 22.0 Å². The van der Waals surface area contributed by atoms with Gasteiger partial charge in [-0.2, -0.15) is 0 Å². The van der Waals surface area contributed by atoms with E-state index in [0.717, 1.165) is 15.6 Å². The zero-order valence-electron chi connectivity index (χ0n) is 17.1. The number of thiophene rings is 1. The van der Waals surface area contributed by atoms with Crippen LogP contribution in [-0.2, 0) is 9.59 Å². The van der Waals surface area contributed by atoms with Gasteiger partial charge >= 0.3 is 0 Å². The van der Waals surface area contributed by atoms with Gasteiger partial charge in [0.15, 0.2) is 0 Å². The molecule has 0 radical (unpaired) electrons. The summed E-state index contributed by atoms with van der Waals surface area (Å²) in [6, 6.07) is 21.4. The molecule has 0 spiro atoms. The highest BCUT2D eigenvalue weighted by molar-refractivity contribution is 7.10.